The van der Waals surface area contributed by atoms with E-state index >= 15 is 0 Å². The van der Waals surface area contributed by atoms with Crippen LogP contribution in [-0.2, 0) is 10.9 Å². The lowest BCUT2D eigenvalue weighted by Gasteiger charge is -2.11. The van der Waals surface area contributed by atoms with Crippen molar-refractivity contribution in [3.63, 3.8) is 0 Å². The number of amidine groups is 1. The number of benzene rings is 1. The van der Waals surface area contributed by atoms with Crippen LogP contribution in [0, 0.1) is 0 Å². The van der Waals surface area contributed by atoms with Crippen LogP contribution in [0.4, 0.5) is 13.2 Å². The number of hydrogen-bond acceptors (Lipinski definition) is 4. The topological polar surface area (TPSA) is 56.8 Å². The Bertz CT molecular complexity index is 460. The number of alkyl halides is 3. The van der Waals surface area contributed by atoms with Crippen molar-refractivity contribution < 1.29 is 22.6 Å². The Morgan fingerprint density at radius 3 is 2.83 bits per heavy atom. The van der Waals surface area contributed by atoms with Gasteiger partial charge in [-0.3, -0.25) is 0 Å². The Hall–Kier alpha value is -1.92. The van der Waals surface area contributed by atoms with Gasteiger partial charge < -0.3 is 15.2 Å². The predicted octanol–water partition coefficient (Wildman–Crippen LogP) is 1.80. The van der Waals surface area contributed by atoms with E-state index in [4.69, 9.17) is 15.2 Å². The minimum atomic E-state index is -4.38. The zero-order valence-electron chi connectivity index (χ0n) is 9.28. The van der Waals surface area contributed by atoms with Crippen molar-refractivity contribution >= 4 is 6.02 Å². The molecule has 4 nitrogen and oxygen atoms in total. The van der Waals surface area contributed by atoms with Gasteiger partial charge in [0.25, 0.3) is 6.02 Å². The summed E-state index contributed by atoms with van der Waals surface area (Å²) in [6.45, 7) is 0.410. The third-order valence-corrected chi connectivity index (χ3v) is 2.34. The summed E-state index contributed by atoms with van der Waals surface area (Å²) in [5, 5.41) is 0. The van der Waals surface area contributed by atoms with Crippen molar-refractivity contribution in [2.24, 2.45) is 10.7 Å². The number of rotatable bonds is 3. The first-order valence-electron chi connectivity index (χ1n) is 5.21. The quantitative estimate of drug-likeness (QED) is 0.901. The molecular formula is C11H11F3N2O2. The zero-order valence-corrected chi connectivity index (χ0v) is 9.28. The summed E-state index contributed by atoms with van der Waals surface area (Å²) in [5.74, 6) is 0.144. The molecule has 18 heavy (non-hydrogen) atoms. The highest BCUT2D eigenvalue weighted by Gasteiger charge is 2.30. The van der Waals surface area contributed by atoms with Gasteiger partial charge in [0, 0.05) is 0 Å². The number of hydrogen-bond donors (Lipinski definition) is 1. The van der Waals surface area contributed by atoms with Crippen molar-refractivity contribution in [1.82, 2.24) is 0 Å². The van der Waals surface area contributed by atoms with Gasteiger partial charge in [0.2, 0.25) is 0 Å². The van der Waals surface area contributed by atoms with E-state index in [0.717, 1.165) is 12.1 Å². The zero-order chi connectivity index (χ0) is 13.2. The largest absolute Gasteiger partial charge is 0.491 e. The molecule has 0 fully saturated rings. The summed E-state index contributed by atoms with van der Waals surface area (Å²) < 4.78 is 47.5. The molecule has 0 radical (unpaired) electrons. The molecule has 1 aromatic rings. The first-order chi connectivity index (χ1) is 8.45. The second-order valence-corrected chi connectivity index (χ2v) is 3.77. The first-order valence-corrected chi connectivity index (χ1v) is 5.21. The van der Waals surface area contributed by atoms with Gasteiger partial charge in [0.15, 0.2) is 0 Å². The van der Waals surface area contributed by atoms with Gasteiger partial charge in [-0.05, 0) is 18.2 Å². The van der Waals surface area contributed by atoms with Gasteiger partial charge in [-0.25, -0.2) is 4.99 Å². The molecule has 1 aliphatic rings. The fourth-order valence-corrected chi connectivity index (χ4v) is 1.48. The van der Waals surface area contributed by atoms with Crippen LogP contribution in [0.2, 0.25) is 0 Å². The van der Waals surface area contributed by atoms with Crippen molar-refractivity contribution in [2.45, 2.75) is 12.2 Å². The highest BCUT2D eigenvalue weighted by atomic mass is 19.4. The van der Waals surface area contributed by atoms with Crippen molar-refractivity contribution in [2.75, 3.05) is 13.2 Å². The lowest BCUT2D eigenvalue weighted by atomic mass is 10.2. The fraction of sp³-hybridized carbons (Fsp3) is 0.364. The average Bonchev–Trinajstić information content (AvgIpc) is 2.72. The van der Waals surface area contributed by atoms with E-state index in [-0.39, 0.29) is 31.0 Å². The van der Waals surface area contributed by atoms with Gasteiger partial charge in [-0.15, -0.1) is 0 Å². The molecule has 1 aromatic carbocycles. The lowest BCUT2D eigenvalue weighted by molar-refractivity contribution is -0.137. The standard InChI is InChI=1S/C11H11F3N2O2/c12-11(13,14)7-2-1-3-9(4-7)17-5-8-6-18-10(15)16-8/h1-4,8H,5-6H2,(H2,15,16). The summed E-state index contributed by atoms with van der Waals surface area (Å²) in [4.78, 5) is 3.90. The summed E-state index contributed by atoms with van der Waals surface area (Å²) in [6.07, 6.45) is -4.38. The van der Waals surface area contributed by atoms with Crippen LogP contribution in [0.25, 0.3) is 0 Å². The van der Waals surface area contributed by atoms with Crippen LogP contribution in [0.15, 0.2) is 29.3 Å². The molecule has 0 bridgehead atoms. The molecular weight excluding hydrogens is 249 g/mol. The van der Waals surface area contributed by atoms with Gasteiger partial charge in [-0.2, -0.15) is 13.2 Å². The third-order valence-electron chi connectivity index (χ3n) is 2.34. The van der Waals surface area contributed by atoms with E-state index < -0.39 is 11.7 Å². The van der Waals surface area contributed by atoms with Gasteiger partial charge in [0.05, 0.1) is 5.56 Å². The van der Waals surface area contributed by atoms with Crippen molar-refractivity contribution in [3.05, 3.63) is 29.8 Å². The van der Waals surface area contributed by atoms with E-state index in [9.17, 15) is 13.2 Å². The highest BCUT2D eigenvalue weighted by Crippen LogP contribution is 2.31. The monoisotopic (exact) mass is 260 g/mol. The summed E-state index contributed by atoms with van der Waals surface area (Å²) in [5.41, 5.74) is 4.55. The number of nitrogens with zero attached hydrogens (tertiary/aromatic N) is 1. The van der Waals surface area contributed by atoms with Crippen LogP contribution in [-0.4, -0.2) is 25.3 Å². The van der Waals surface area contributed by atoms with E-state index in [0.29, 0.717) is 0 Å². The second kappa shape index (κ2) is 4.75. The van der Waals surface area contributed by atoms with E-state index in [1.165, 1.54) is 12.1 Å². The van der Waals surface area contributed by atoms with Crippen molar-refractivity contribution in [3.8, 4) is 5.75 Å². The number of nitrogens with two attached hydrogens (primary N) is 1. The predicted molar refractivity (Wildman–Crippen MR) is 58.3 cm³/mol. The van der Waals surface area contributed by atoms with Crippen LogP contribution < -0.4 is 10.5 Å². The molecule has 0 amide bonds. The second-order valence-electron chi connectivity index (χ2n) is 3.77. The number of ether oxygens (including phenoxy) is 2. The van der Waals surface area contributed by atoms with Crippen molar-refractivity contribution in [1.29, 1.82) is 0 Å². The van der Waals surface area contributed by atoms with Gasteiger partial charge in [-0.1, -0.05) is 6.07 Å². The van der Waals surface area contributed by atoms with Crippen LogP contribution in [0.3, 0.4) is 0 Å². The van der Waals surface area contributed by atoms with E-state index in [1.807, 2.05) is 0 Å². The van der Waals surface area contributed by atoms with Gasteiger partial charge in [0.1, 0.15) is 25.0 Å². The molecule has 0 spiro atoms. The number of aliphatic imine (C=N–C) groups is 1. The lowest BCUT2D eigenvalue weighted by Crippen LogP contribution is -2.17. The molecule has 1 atom stereocenters. The molecule has 0 saturated heterocycles. The smallest absolute Gasteiger partial charge is 0.416 e. The molecule has 1 aliphatic heterocycles. The molecule has 98 valence electrons. The normalized spacial score (nSPS) is 19.3. The Morgan fingerprint density at radius 2 is 2.22 bits per heavy atom. The Balaban J connectivity index is 1.98. The average molecular weight is 260 g/mol. The van der Waals surface area contributed by atoms with E-state index in [2.05, 4.69) is 4.99 Å². The third kappa shape index (κ3) is 3.06. The molecule has 0 saturated carbocycles. The highest BCUT2D eigenvalue weighted by molar-refractivity contribution is 5.73. The maximum atomic E-state index is 12.4. The molecule has 2 N–H and O–H groups in total. The molecule has 2 rings (SSSR count). The Labute approximate surface area is 101 Å². The minimum absolute atomic E-state index is 0.0765. The first kappa shape index (κ1) is 12.5. The molecule has 1 unspecified atom stereocenters. The maximum Gasteiger partial charge on any atom is 0.416 e. The minimum Gasteiger partial charge on any atom is -0.491 e. The molecule has 0 aliphatic carbocycles. The van der Waals surface area contributed by atoms with Gasteiger partial charge >= 0.3 is 6.18 Å². The van der Waals surface area contributed by atoms with Crippen LogP contribution in [0.1, 0.15) is 5.56 Å². The Kier molecular flexibility index (Phi) is 3.31. The maximum absolute atomic E-state index is 12.4. The summed E-state index contributed by atoms with van der Waals surface area (Å²) in [6, 6.07) is 4.48. The molecule has 1 heterocycles. The summed E-state index contributed by atoms with van der Waals surface area (Å²) >= 11 is 0. The Morgan fingerprint density at radius 1 is 1.44 bits per heavy atom. The fourth-order valence-electron chi connectivity index (χ4n) is 1.48. The number of halogens is 3. The SMILES string of the molecule is NC1=NC(COc2cccc(C(F)(F)F)c2)CO1. The summed E-state index contributed by atoms with van der Waals surface area (Å²) in [7, 11) is 0. The van der Waals surface area contributed by atoms with Crippen LogP contribution in [0.5, 0.6) is 5.75 Å². The molecule has 7 heteroatoms. The van der Waals surface area contributed by atoms with E-state index in [1.54, 1.807) is 0 Å². The van der Waals surface area contributed by atoms with Crippen LogP contribution >= 0.6 is 0 Å². The molecule has 0 aromatic heterocycles.